The van der Waals surface area contributed by atoms with Crippen LogP contribution in [0.3, 0.4) is 0 Å². The Bertz CT molecular complexity index is 847. The highest BCUT2D eigenvalue weighted by Gasteiger charge is 2.17. The topological polar surface area (TPSA) is 84.0 Å². The van der Waals surface area contributed by atoms with Gasteiger partial charge in [0.2, 0.25) is 10.0 Å². The normalized spacial score (nSPS) is 10.4. The van der Waals surface area contributed by atoms with Crippen molar-refractivity contribution in [1.29, 1.82) is 0 Å². The lowest BCUT2D eigenvalue weighted by molar-refractivity contribution is 0.0949. The summed E-state index contributed by atoms with van der Waals surface area (Å²) in [5.41, 5.74) is 0.431. The van der Waals surface area contributed by atoms with E-state index in [2.05, 4.69) is 20.8 Å². The van der Waals surface area contributed by atoms with Gasteiger partial charge in [-0.15, -0.1) is 21.5 Å². The quantitative estimate of drug-likeness (QED) is 0.731. The maximum atomic E-state index is 12.8. The SMILES string of the molecule is O=C(NCc1cccs1)c1nnc(C(=O)Nc2ccc(F)cc2)s1. The minimum atomic E-state index is -0.503. The molecule has 3 rings (SSSR count). The Hall–Kier alpha value is -2.65. The number of hydrogen-bond acceptors (Lipinski definition) is 6. The summed E-state index contributed by atoms with van der Waals surface area (Å²) in [6.07, 6.45) is 0. The van der Waals surface area contributed by atoms with Gasteiger partial charge in [0.15, 0.2) is 0 Å². The van der Waals surface area contributed by atoms with Gasteiger partial charge in [0.05, 0.1) is 6.54 Å². The van der Waals surface area contributed by atoms with Crippen LogP contribution in [0.15, 0.2) is 41.8 Å². The monoisotopic (exact) mass is 362 g/mol. The number of amides is 2. The Balaban J connectivity index is 1.60. The van der Waals surface area contributed by atoms with Gasteiger partial charge in [0.25, 0.3) is 11.8 Å². The molecule has 0 bridgehead atoms. The zero-order valence-electron chi connectivity index (χ0n) is 12.2. The average molecular weight is 362 g/mol. The standard InChI is InChI=1S/C15H11FN4O2S2/c16-9-3-5-10(6-4-9)18-13(22)15-20-19-14(24-15)12(21)17-8-11-2-1-7-23-11/h1-7H,8H2,(H,17,21)(H,18,22). The van der Waals surface area contributed by atoms with Gasteiger partial charge in [-0.25, -0.2) is 4.39 Å². The Morgan fingerprint density at radius 2 is 1.75 bits per heavy atom. The van der Waals surface area contributed by atoms with Crippen LogP contribution < -0.4 is 10.6 Å². The number of rotatable bonds is 5. The zero-order chi connectivity index (χ0) is 16.9. The fraction of sp³-hybridized carbons (Fsp3) is 0.0667. The summed E-state index contributed by atoms with van der Waals surface area (Å²) in [5, 5.41) is 14.8. The smallest absolute Gasteiger partial charge is 0.286 e. The van der Waals surface area contributed by atoms with E-state index in [1.807, 2.05) is 17.5 Å². The van der Waals surface area contributed by atoms with Crippen molar-refractivity contribution in [3.63, 3.8) is 0 Å². The Morgan fingerprint density at radius 1 is 1.04 bits per heavy atom. The maximum Gasteiger partial charge on any atom is 0.286 e. The summed E-state index contributed by atoms with van der Waals surface area (Å²) in [4.78, 5) is 25.1. The molecule has 0 saturated heterocycles. The molecule has 2 amide bonds. The molecule has 2 N–H and O–H groups in total. The maximum absolute atomic E-state index is 12.8. The zero-order valence-corrected chi connectivity index (χ0v) is 13.8. The number of nitrogens with one attached hydrogen (secondary N) is 2. The first-order chi connectivity index (χ1) is 11.6. The molecule has 3 aromatic rings. The predicted octanol–water partition coefficient (Wildman–Crippen LogP) is 2.92. The highest BCUT2D eigenvalue weighted by Crippen LogP contribution is 2.14. The van der Waals surface area contributed by atoms with E-state index in [0.717, 1.165) is 16.2 Å². The van der Waals surface area contributed by atoms with Crippen molar-refractivity contribution in [3.8, 4) is 0 Å². The van der Waals surface area contributed by atoms with E-state index >= 15 is 0 Å². The van der Waals surface area contributed by atoms with Gasteiger partial charge >= 0.3 is 0 Å². The second-order valence-electron chi connectivity index (χ2n) is 4.64. The molecule has 0 saturated carbocycles. The third kappa shape index (κ3) is 4.00. The van der Waals surface area contributed by atoms with Gasteiger partial charge in [-0.3, -0.25) is 9.59 Å². The molecule has 0 atom stereocenters. The Labute approximate surface area is 144 Å². The molecule has 0 aliphatic heterocycles. The van der Waals surface area contributed by atoms with Crippen LogP contribution in [0.4, 0.5) is 10.1 Å². The average Bonchev–Trinajstić information content (AvgIpc) is 3.26. The van der Waals surface area contributed by atoms with Crippen LogP contribution in [0.2, 0.25) is 0 Å². The van der Waals surface area contributed by atoms with Crippen molar-refractivity contribution in [2.24, 2.45) is 0 Å². The van der Waals surface area contributed by atoms with Crippen LogP contribution in [-0.4, -0.2) is 22.0 Å². The van der Waals surface area contributed by atoms with Gasteiger partial charge in [-0.05, 0) is 35.7 Å². The van der Waals surface area contributed by atoms with E-state index in [9.17, 15) is 14.0 Å². The number of nitrogens with zero attached hydrogens (tertiary/aromatic N) is 2. The first-order valence-electron chi connectivity index (χ1n) is 6.83. The highest BCUT2D eigenvalue weighted by molar-refractivity contribution is 7.15. The van der Waals surface area contributed by atoms with Crippen LogP contribution in [-0.2, 0) is 6.54 Å². The molecule has 6 nitrogen and oxygen atoms in total. The third-order valence-corrected chi connectivity index (χ3v) is 4.72. The number of halogens is 1. The number of anilines is 1. The lowest BCUT2D eigenvalue weighted by Gasteiger charge is -2.01. The molecule has 9 heteroatoms. The van der Waals surface area contributed by atoms with Gasteiger partial charge in [-0.2, -0.15) is 0 Å². The predicted molar refractivity (Wildman–Crippen MR) is 89.8 cm³/mol. The van der Waals surface area contributed by atoms with E-state index in [1.54, 1.807) is 0 Å². The number of benzene rings is 1. The van der Waals surface area contributed by atoms with E-state index in [-0.39, 0.29) is 15.9 Å². The molecule has 2 heterocycles. The fourth-order valence-corrected chi connectivity index (χ4v) is 3.08. The van der Waals surface area contributed by atoms with Gasteiger partial charge in [0.1, 0.15) is 5.82 Å². The molecule has 1 aromatic carbocycles. The second kappa shape index (κ2) is 7.28. The number of carbonyl (C=O) groups is 2. The van der Waals surface area contributed by atoms with Crippen LogP contribution in [0.1, 0.15) is 24.5 Å². The molecular weight excluding hydrogens is 351 g/mol. The largest absolute Gasteiger partial charge is 0.345 e. The summed E-state index contributed by atoms with van der Waals surface area (Å²) in [6, 6.07) is 9.14. The van der Waals surface area contributed by atoms with E-state index < -0.39 is 11.7 Å². The van der Waals surface area contributed by atoms with Crippen molar-refractivity contribution in [3.05, 3.63) is 62.5 Å². The summed E-state index contributed by atoms with van der Waals surface area (Å²) >= 11 is 2.43. The number of hydrogen-bond donors (Lipinski definition) is 2. The summed E-state index contributed by atoms with van der Waals surface area (Å²) in [6.45, 7) is 0.396. The van der Waals surface area contributed by atoms with Crippen LogP contribution in [0.25, 0.3) is 0 Å². The van der Waals surface area contributed by atoms with Gasteiger partial charge in [-0.1, -0.05) is 17.4 Å². The Kier molecular flexibility index (Phi) is 4.92. The van der Waals surface area contributed by atoms with Crippen LogP contribution in [0.5, 0.6) is 0 Å². The fourth-order valence-electron chi connectivity index (χ4n) is 1.78. The van der Waals surface area contributed by atoms with E-state index in [0.29, 0.717) is 12.2 Å². The molecule has 0 fully saturated rings. The molecule has 122 valence electrons. The summed E-state index contributed by atoms with van der Waals surface area (Å²) in [5.74, 6) is -1.29. The van der Waals surface area contributed by atoms with Crippen molar-refractivity contribution >= 4 is 40.2 Å². The van der Waals surface area contributed by atoms with Gasteiger partial charge in [0, 0.05) is 10.6 Å². The molecule has 0 spiro atoms. The minimum Gasteiger partial charge on any atom is -0.345 e. The summed E-state index contributed by atoms with van der Waals surface area (Å²) < 4.78 is 12.8. The lowest BCUT2D eigenvalue weighted by atomic mass is 10.3. The first kappa shape index (κ1) is 16.2. The molecule has 0 aliphatic carbocycles. The van der Waals surface area contributed by atoms with Crippen LogP contribution >= 0.6 is 22.7 Å². The van der Waals surface area contributed by atoms with Crippen molar-refractivity contribution in [2.45, 2.75) is 6.54 Å². The molecule has 0 aliphatic rings. The summed E-state index contributed by atoms with van der Waals surface area (Å²) in [7, 11) is 0. The molecule has 0 radical (unpaired) electrons. The van der Waals surface area contributed by atoms with Gasteiger partial charge < -0.3 is 10.6 Å². The van der Waals surface area contributed by atoms with Crippen LogP contribution in [0, 0.1) is 5.82 Å². The first-order valence-corrected chi connectivity index (χ1v) is 8.52. The molecule has 24 heavy (non-hydrogen) atoms. The minimum absolute atomic E-state index is 0.0561. The Morgan fingerprint density at radius 3 is 2.42 bits per heavy atom. The number of carbonyl (C=O) groups excluding carboxylic acids is 2. The number of aromatic nitrogens is 2. The second-order valence-corrected chi connectivity index (χ2v) is 6.65. The molecular formula is C15H11FN4O2S2. The van der Waals surface area contributed by atoms with E-state index in [1.165, 1.54) is 35.6 Å². The number of thiophene rings is 1. The van der Waals surface area contributed by atoms with Crippen molar-refractivity contribution in [1.82, 2.24) is 15.5 Å². The lowest BCUT2D eigenvalue weighted by Crippen LogP contribution is -2.22. The van der Waals surface area contributed by atoms with Crippen molar-refractivity contribution < 1.29 is 14.0 Å². The third-order valence-electron chi connectivity index (χ3n) is 2.92. The molecule has 2 aromatic heterocycles. The highest BCUT2D eigenvalue weighted by atomic mass is 32.1. The van der Waals surface area contributed by atoms with E-state index in [4.69, 9.17) is 0 Å². The molecule has 0 unspecified atom stereocenters. The van der Waals surface area contributed by atoms with Crippen molar-refractivity contribution in [2.75, 3.05) is 5.32 Å².